The largest absolute Gasteiger partial charge is 0.393 e. The molecule has 1 atom stereocenters. The topological polar surface area (TPSA) is 68.0 Å². The summed E-state index contributed by atoms with van der Waals surface area (Å²) in [6.45, 7) is 4.45. The van der Waals surface area contributed by atoms with Crippen molar-refractivity contribution in [3.8, 4) is 0 Å². The molecule has 1 unspecified atom stereocenters. The van der Waals surface area contributed by atoms with Crippen LogP contribution >= 0.6 is 0 Å². The first-order valence-electron chi connectivity index (χ1n) is 14.1. The molecule has 0 aliphatic carbocycles. The molecule has 0 saturated heterocycles. The van der Waals surface area contributed by atoms with Gasteiger partial charge in [0, 0.05) is 13.1 Å². The van der Waals surface area contributed by atoms with Crippen LogP contribution < -0.4 is 5.73 Å². The second-order valence-corrected chi connectivity index (χ2v) is 9.74. The van der Waals surface area contributed by atoms with Gasteiger partial charge in [-0.05, 0) is 52.6 Å². The maximum atomic E-state index is 10.2. The molecule has 0 aromatic heterocycles. The number of ether oxygens (including phenoxy) is 2. The number of nitrogens with two attached hydrogens (primary N) is 1. The number of aliphatic hydroxyl groups is 1. The van der Waals surface area contributed by atoms with Crippen molar-refractivity contribution in [1.29, 1.82) is 0 Å². The van der Waals surface area contributed by atoms with Gasteiger partial charge < -0.3 is 25.2 Å². The summed E-state index contributed by atoms with van der Waals surface area (Å²) in [7, 11) is 4.13. The van der Waals surface area contributed by atoms with Crippen molar-refractivity contribution in [2.45, 2.75) is 109 Å². The predicted octanol–water partition coefficient (Wildman–Crippen LogP) is 6.25. The molecule has 0 aromatic rings. The molecule has 0 bridgehead atoms. The Morgan fingerprint density at radius 2 is 1.09 bits per heavy atom. The number of hydrogen-bond donors (Lipinski definition) is 2. The van der Waals surface area contributed by atoms with E-state index in [1.807, 2.05) is 0 Å². The van der Waals surface area contributed by atoms with Gasteiger partial charge in [0.25, 0.3) is 0 Å². The van der Waals surface area contributed by atoms with Gasteiger partial charge >= 0.3 is 0 Å². The number of aliphatic hydroxyl groups excluding tert-OH is 1. The number of likely N-dealkylation sites (N-methyl/N-ethyl adjacent to an activating group) is 1. The SMILES string of the molecule is CN(C)CCOC/C=C\CCCCCCCCC(O)CCCCCCCC/C=C\COCCN. The fraction of sp³-hybridized carbons (Fsp3) is 0.862. The molecule has 0 heterocycles. The van der Waals surface area contributed by atoms with Crippen LogP contribution in [0.5, 0.6) is 0 Å². The van der Waals surface area contributed by atoms with Gasteiger partial charge in [-0.25, -0.2) is 0 Å². The Morgan fingerprint density at radius 3 is 1.56 bits per heavy atom. The van der Waals surface area contributed by atoms with Gasteiger partial charge in [-0.2, -0.15) is 0 Å². The van der Waals surface area contributed by atoms with Crippen molar-refractivity contribution in [2.75, 3.05) is 53.6 Å². The molecule has 0 spiro atoms. The number of unbranched alkanes of at least 4 members (excludes halogenated alkanes) is 12. The Hall–Kier alpha value is -0.720. The van der Waals surface area contributed by atoms with Crippen molar-refractivity contribution in [3.05, 3.63) is 24.3 Å². The van der Waals surface area contributed by atoms with E-state index in [1.165, 1.54) is 77.0 Å². The van der Waals surface area contributed by atoms with Gasteiger partial charge in [0.15, 0.2) is 0 Å². The minimum atomic E-state index is -0.0864. The number of hydrogen-bond acceptors (Lipinski definition) is 5. The standard InChI is InChI=1S/C29H58N2O3/c1-31(2)24-28-34-26-20-16-12-8-4-6-10-14-18-22-29(32)21-17-13-9-5-3-7-11-15-19-25-33-27-23-30/h15-16,19-20,29,32H,3-14,17-18,21-28,30H2,1-2H3/b19-15-,20-16-. The Morgan fingerprint density at radius 1 is 0.647 bits per heavy atom. The minimum absolute atomic E-state index is 0.0864. The molecule has 0 radical (unpaired) electrons. The highest BCUT2D eigenvalue weighted by molar-refractivity contribution is 4.81. The van der Waals surface area contributed by atoms with Gasteiger partial charge in [-0.15, -0.1) is 0 Å². The third kappa shape index (κ3) is 29.3. The van der Waals surface area contributed by atoms with Gasteiger partial charge in [0.1, 0.15) is 0 Å². The fourth-order valence-corrected chi connectivity index (χ4v) is 3.85. The van der Waals surface area contributed by atoms with E-state index in [1.54, 1.807) is 0 Å². The highest BCUT2D eigenvalue weighted by Crippen LogP contribution is 2.14. The predicted molar refractivity (Wildman–Crippen MR) is 147 cm³/mol. The normalized spacial score (nSPS) is 13.1. The zero-order valence-corrected chi connectivity index (χ0v) is 22.7. The van der Waals surface area contributed by atoms with E-state index in [9.17, 15) is 5.11 Å². The molecule has 3 N–H and O–H groups in total. The van der Waals surface area contributed by atoms with Crippen molar-refractivity contribution in [1.82, 2.24) is 4.90 Å². The molecule has 0 amide bonds. The minimum Gasteiger partial charge on any atom is -0.393 e. The maximum Gasteiger partial charge on any atom is 0.0648 e. The molecular weight excluding hydrogens is 424 g/mol. The highest BCUT2D eigenvalue weighted by Gasteiger charge is 2.03. The van der Waals surface area contributed by atoms with Gasteiger partial charge in [0.05, 0.1) is 32.5 Å². The molecule has 5 heteroatoms. The van der Waals surface area contributed by atoms with Crippen molar-refractivity contribution < 1.29 is 14.6 Å². The highest BCUT2D eigenvalue weighted by atomic mass is 16.5. The van der Waals surface area contributed by atoms with E-state index in [4.69, 9.17) is 15.2 Å². The van der Waals surface area contributed by atoms with E-state index < -0.39 is 0 Å². The smallest absolute Gasteiger partial charge is 0.0648 e. The van der Waals surface area contributed by atoms with Crippen LogP contribution in [0.1, 0.15) is 103 Å². The molecule has 5 nitrogen and oxygen atoms in total. The van der Waals surface area contributed by atoms with E-state index in [-0.39, 0.29) is 6.10 Å². The van der Waals surface area contributed by atoms with E-state index in [0.717, 1.165) is 45.4 Å². The molecule has 0 aromatic carbocycles. The average molecular weight is 483 g/mol. The van der Waals surface area contributed by atoms with Gasteiger partial charge in [0.2, 0.25) is 0 Å². The lowest BCUT2D eigenvalue weighted by Gasteiger charge is -2.10. The summed E-state index contributed by atoms with van der Waals surface area (Å²) in [5.74, 6) is 0. The number of nitrogens with zero attached hydrogens (tertiary/aromatic N) is 1. The second kappa shape index (κ2) is 28.5. The maximum absolute atomic E-state index is 10.2. The summed E-state index contributed by atoms with van der Waals surface area (Å²) >= 11 is 0. The third-order valence-electron chi connectivity index (χ3n) is 6.02. The summed E-state index contributed by atoms with van der Waals surface area (Å²) in [6.07, 6.45) is 28.2. The van der Waals surface area contributed by atoms with Crippen molar-refractivity contribution in [2.24, 2.45) is 5.73 Å². The Kier molecular flexibility index (Phi) is 27.9. The molecular formula is C29H58N2O3. The molecule has 34 heavy (non-hydrogen) atoms. The molecule has 0 saturated carbocycles. The van der Waals surface area contributed by atoms with Crippen LogP contribution in [0.25, 0.3) is 0 Å². The van der Waals surface area contributed by atoms with Crippen LogP contribution in [0, 0.1) is 0 Å². The van der Waals surface area contributed by atoms with Crippen LogP contribution in [-0.2, 0) is 9.47 Å². The van der Waals surface area contributed by atoms with Crippen molar-refractivity contribution >= 4 is 0 Å². The first kappa shape index (κ1) is 33.3. The number of rotatable bonds is 27. The van der Waals surface area contributed by atoms with Gasteiger partial charge in [-0.1, -0.05) is 88.5 Å². The van der Waals surface area contributed by atoms with Gasteiger partial charge in [-0.3, -0.25) is 0 Å². The summed E-state index contributed by atoms with van der Waals surface area (Å²) in [5, 5.41) is 10.2. The second-order valence-electron chi connectivity index (χ2n) is 9.74. The zero-order chi connectivity index (χ0) is 25.0. The summed E-state index contributed by atoms with van der Waals surface area (Å²) in [5.41, 5.74) is 5.38. The molecule has 0 rings (SSSR count). The van der Waals surface area contributed by atoms with E-state index in [2.05, 4.69) is 43.3 Å². The van der Waals surface area contributed by atoms with Crippen LogP contribution in [0.2, 0.25) is 0 Å². The third-order valence-corrected chi connectivity index (χ3v) is 6.02. The fourth-order valence-electron chi connectivity index (χ4n) is 3.85. The van der Waals surface area contributed by atoms with Crippen LogP contribution in [-0.4, -0.2) is 69.7 Å². The lowest BCUT2D eigenvalue weighted by atomic mass is 10.0. The Balaban J connectivity index is 3.23. The molecule has 0 fully saturated rings. The number of allylic oxidation sites excluding steroid dienone is 2. The molecule has 0 aliphatic heterocycles. The van der Waals surface area contributed by atoms with E-state index in [0.29, 0.717) is 19.8 Å². The molecule has 0 aliphatic rings. The first-order valence-corrected chi connectivity index (χ1v) is 14.1. The molecule has 202 valence electrons. The zero-order valence-electron chi connectivity index (χ0n) is 22.7. The lowest BCUT2D eigenvalue weighted by Crippen LogP contribution is -2.17. The monoisotopic (exact) mass is 482 g/mol. The summed E-state index contributed by atoms with van der Waals surface area (Å²) in [4.78, 5) is 2.14. The van der Waals surface area contributed by atoms with Crippen LogP contribution in [0.4, 0.5) is 0 Å². The van der Waals surface area contributed by atoms with Crippen LogP contribution in [0.3, 0.4) is 0 Å². The first-order chi connectivity index (χ1) is 16.7. The van der Waals surface area contributed by atoms with Crippen LogP contribution in [0.15, 0.2) is 24.3 Å². The van der Waals surface area contributed by atoms with E-state index >= 15 is 0 Å². The summed E-state index contributed by atoms with van der Waals surface area (Å²) < 4.78 is 10.9. The lowest BCUT2D eigenvalue weighted by molar-refractivity contribution is 0.141. The Labute approximate surface area is 212 Å². The van der Waals surface area contributed by atoms with Crippen molar-refractivity contribution in [3.63, 3.8) is 0 Å². The Bertz CT molecular complexity index is 441. The average Bonchev–Trinajstić information content (AvgIpc) is 2.82. The summed E-state index contributed by atoms with van der Waals surface area (Å²) in [6, 6.07) is 0. The quantitative estimate of drug-likeness (QED) is 0.107.